The third-order valence-corrected chi connectivity index (χ3v) is 6.97. The molecular weight excluding hydrogens is 400 g/mol. The highest BCUT2D eigenvalue weighted by Gasteiger charge is 2.68. The van der Waals surface area contributed by atoms with Crippen molar-refractivity contribution >= 4 is 29.0 Å². The van der Waals surface area contributed by atoms with Crippen molar-refractivity contribution in [1.29, 1.82) is 0 Å². The van der Waals surface area contributed by atoms with Crippen LogP contribution in [-0.2, 0) is 4.79 Å². The molecule has 2 bridgehead atoms. The van der Waals surface area contributed by atoms with Gasteiger partial charge in [0.25, 0.3) is 5.91 Å². The zero-order valence-electron chi connectivity index (χ0n) is 17.2. The van der Waals surface area contributed by atoms with E-state index in [9.17, 15) is 4.79 Å². The molecule has 6 rings (SSSR count). The number of hydrogen-bond acceptors (Lipinski definition) is 5. The summed E-state index contributed by atoms with van der Waals surface area (Å²) >= 11 is 6.03. The number of carbonyl (C=O) groups is 1. The summed E-state index contributed by atoms with van der Waals surface area (Å²) in [6.07, 6.45) is 7.20. The van der Waals surface area contributed by atoms with Gasteiger partial charge in [-0.3, -0.25) is 4.79 Å². The highest BCUT2D eigenvalue weighted by molar-refractivity contribution is 6.31. The number of amides is 1. The highest BCUT2D eigenvalue weighted by atomic mass is 35.5. The van der Waals surface area contributed by atoms with E-state index in [4.69, 9.17) is 16.3 Å². The SMILES string of the molecule is Cc1cc(OCC(=O)NC23CC(Nc4cc(N5CCCC5)ccn4)(C2)C3)ccc1Cl. The molecule has 0 atom stereocenters. The number of pyridine rings is 1. The second kappa shape index (κ2) is 7.34. The van der Waals surface area contributed by atoms with E-state index < -0.39 is 0 Å². The summed E-state index contributed by atoms with van der Waals surface area (Å²) < 4.78 is 5.62. The van der Waals surface area contributed by atoms with Crippen molar-refractivity contribution in [2.45, 2.75) is 50.1 Å². The maximum absolute atomic E-state index is 12.4. The van der Waals surface area contributed by atoms with Gasteiger partial charge in [0, 0.05) is 47.1 Å². The van der Waals surface area contributed by atoms with Crippen LogP contribution < -0.4 is 20.3 Å². The van der Waals surface area contributed by atoms with Crippen LogP contribution in [0.3, 0.4) is 0 Å². The van der Waals surface area contributed by atoms with Gasteiger partial charge in [-0.15, -0.1) is 0 Å². The standard InChI is InChI=1S/C23H27ClN4O2/c1-16-10-18(4-5-19(16)24)30-12-21(29)27-23-13-22(14-23,15-23)26-20-11-17(6-7-25-20)28-8-2-3-9-28/h4-7,10-11H,2-3,8-9,12-15H2,1H3,(H,25,26)(H,27,29). The van der Waals surface area contributed by atoms with E-state index in [0.29, 0.717) is 10.8 Å². The Kier molecular flexibility index (Phi) is 4.77. The van der Waals surface area contributed by atoms with Gasteiger partial charge >= 0.3 is 0 Å². The number of benzene rings is 1. The van der Waals surface area contributed by atoms with Crippen molar-refractivity contribution in [3.8, 4) is 5.75 Å². The van der Waals surface area contributed by atoms with Crippen LogP contribution in [0, 0.1) is 6.92 Å². The number of aryl methyl sites for hydroxylation is 1. The molecule has 4 aliphatic rings. The van der Waals surface area contributed by atoms with Crippen LogP contribution >= 0.6 is 11.6 Å². The predicted molar refractivity (Wildman–Crippen MR) is 118 cm³/mol. The van der Waals surface area contributed by atoms with Gasteiger partial charge < -0.3 is 20.3 Å². The minimum absolute atomic E-state index is 0.0166. The summed E-state index contributed by atoms with van der Waals surface area (Å²) in [6.45, 7) is 4.19. The topological polar surface area (TPSA) is 66.5 Å². The fourth-order valence-corrected chi connectivity index (χ4v) is 5.29. The number of aromatic nitrogens is 1. The lowest BCUT2D eigenvalue weighted by Gasteiger charge is -2.70. The molecular formula is C23H27ClN4O2. The van der Waals surface area contributed by atoms with Gasteiger partial charge in [-0.05, 0) is 68.9 Å². The van der Waals surface area contributed by atoms with Crippen LogP contribution in [0.2, 0.25) is 5.02 Å². The molecule has 30 heavy (non-hydrogen) atoms. The van der Waals surface area contributed by atoms with Crippen LogP contribution in [0.15, 0.2) is 36.5 Å². The van der Waals surface area contributed by atoms with E-state index in [-0.39, 0.29) is 23.6 Å². The molecule has 158 valence electrons. The number of nitrogens with zero attached hydrogens (tertiary/aromatic N) is 2. The van der Waals surface area contributed by atoms with E-state index in [1.165, 1.54) is 18.5 Å². The van der Waals surface area contributed by atoms with Crippen LogP contribution in [0.4, 0.5) is 11.5 Å². The summed E-state index contributed by atoms with van der Waals surface area (Å²) in [6, 6.07) is 9.65. The molecule has 2 N–H and O–H groups in total. The van der Waals surface area contributed by atoms with Crippen LogP contribution in [0.25, 0.3) is 0 Å². The number of rotatable bonds is 7. The van der Waals surface area contributed by atoms with Gasteiger partial charge in [-0.2, -0.15) is 0 Å². The molecule has 0 unspecified atom stereocenters. The Labute approximate surface area is 182 Å². The van der Waals surface area contributed by atoms with Crippen molar-refractivity contribution in [3.05, 3.63) is 47.1 Å². The molecule has 0 spiro atoms. The number of ether oxygens (including phenoxy) is 1. The minimum atomic E-state index is -0.0874. The molecule has 2 heterocycles. The maximum Gasteiger partial charge on any atom is 0.258 e. The number of anilines is 2. The van der Waals surface area contributed by atoms with Crippen LogP contribution in [0.5, 0.6) is 5.75 Å². The molecule has 3 saturated carbocycles. The predicted octanol–water partition coefficient (Wildman–Crippen LogP) is 3.93. The van der Waals surface area contributed by atoms with Gasteiger partial charge in [-0.1, -0.05) is 11.6 Å². The van der Waals surface area contributed by atoms with Gasteiger partial charge in [0.15, 0.2) is 6.61 Å². The lowest BCUT2D eigenvalue weighted by atomic mass is 9.44. The third kappa shape index (κ3) is 3.69. The largest absolute Gasteiger partial charge is 0.484 e. The smallest absolute Gasteiger partial charge is 0.258 e. The Morgan fingerprint density at radius 3 is 2.67 bits per heavy atom. The van der Waals surface area contributed by atoms with Crippen molar-refractivity contribution < 1.29 is 9.53 Å². The Hall–Kier alpha value is -2.47. The van der Waals surface area contributed by atoms with E-state index in [1.807, 2.05) is 19.2 Å². The monoisotopic (exact) mass is 426 g/mol. The Balaban J connectivity index is 1.11. The van der Waals surface area contributed by atoms with Crippen molar-refractivity contribution in [2.24, 2.45) is 0 Å². The fourth-order valence-electron chi connectivity index (χ4n) is 5.17. The molecule has 3 aliphatic carbocycles. The summed E-state index contributed by atoms with van der Waals surface area (Å²) in [5.41, 5.74) is 2.16. The van der Waals surface area contributed by atoms with Gasteiger partial charge in [0.1, 0.15) is 11.6 Å². The number of carbonyl (C=O) groups excluding carboxylic acids is 1. The zero-order valence-corrected chi connectivity index (χ0v) is 18.0. The van der Waals surface area contributed by atoms with E-state index >= 15 is 0 Å². The van der Waals surface area contributed by atoms with E-state index in [0.717, 1.165) is 43.7 Å². The third-order valence-electron chi connectivity index (χ3n) is 6.54. The second-order valence-corrected chi connectivity index (χ2v) is 9.46. The average molecular weight is 427 g/mol. The number of nitrogens with one attached hydrogen (secondary N) is 2. The molecule has 6 nitrogen and oxygen atoms in total. The first-order chi connectivity index (χ1) is 14.4. The van der Waals surface area contributed by atoms with Gasteiger partial charge in [-0.25, -0.2) is 4.98 Å². The quantitative estimate of drug-likeness (QED) is 0.702. The normalized spacial score (nSPS) is 26.5. The van der Waals surface area contributed by atoms with Crippen LogP contribution in [-0.4, -0.2) is 41.7 Å². The molecule has 1 aliphatic heterocycles. The first-order valence-corrected chi connectivity index (χ1v) is 11.0. The lowest BCUT2D eigenvalue weighted by molar-refractivity contribution is -0.135. The number of halogens is 1. The van der Waals surface area contributed by atoms with Gasteiger partial charge in [0.05, 0.1) is 0 Å². The first-order valence-electron chi connectivity index (χ1n) is 10.6. The molecule has 4 fully saturated rings. The molecule has 1 aromatic heterocycles. The lowest BCUT2D eigenvalue weighted by Crippen LogP contribution is -2.81. The van der Waals surface area contributed by atoms with E-state index in [1.54, 1.807) is 12.1 Å². The summed E-state index contributed by atoms with van der Waals surface area (Å²) in [5, 5.41) is 7.48. The molecule has 0 radical (unpaired) electrons. The molecule has 1 aromatic carbocycles. The molecule has 1 saturated heterocycles. The first kappa shape index (κ1) is 19.5. The average Bonchev–Trinajstić information content (AvgIpc) is 3.21. The van der Waals surface area contributed by atoms with Crippen LogP contribution in [0.1, 0.15) is 37.7 Å². The Bertz CT molecular complexity index is 954. The van der Waals surface area contributed by atoms with Crippen molar-refractivity contribution in [1.82, 2.24) is 10.3 Å². The number of hydrogen-bond donors (Lipinski definition) is 2. The summed E-state index contributed by atoms with van der Waals surface area (Å²) in [5.74, 6) is 1.51. The molecule has 2 aromatic rings. The summed E-state index contributed by atoms with van der Waals surface area (Å²) in [4.78, 5) is 19.3. The minimum Gasteiger partial charge on any atom is -0.484 e. The van der Waals surface area contributed by atoms with Crippen molar-refractivity contribution in [2.75, 3.05) is 29.9 Å². The Morgan fingerprint density at radius 2 is 1.93 bits per heavy atom. The molecule has 7 heteroatoms. The van der Waals surface area contributed by atoms with E-state index in [2.05, 4.69) is 32.7 Å². The Morgan fingerprint density at radius 1 is 1.17 bits per heavy atom. The highest BCUT2D eigenvalue weighted by Crippen LogP contribution is 2.61. The van der Waals surface area contributed by atoms with Crippen molar-refractivity contribution in [3.63, 3.8) is 0 Å². The molecule has 1 amide bonds. The summed E-state index contributed by atoms with van der Waals surface area (Å²) in [7, 11) is 0. The maximum atomic E-state index is 12.4. The van der Waals surface area contributed by atoms with Gasteiger partial charge in [0.2, 0.25) is 0 Å². The second-order valence-electron chi connectivity index (χ2n) is 9.06. The fraction of sp³-hybridized carbons (Fsp3) is 0.478. The zero-order chi connectivity index (χ0) is 20.8.